The van der Waals surface area contributed by atoms with E-state index in [1.807, 2.05) is 42.5 Å². The van der Waals surface area contributed by atoms with Crippen LogP contribution in [0.1, 0.15) is 10.6 Å². The van der Waals surface area contributed by atoms with E-state index in [4.69, 9.17) is 23.2 Å². The lowest BCUT2D eigenvalue weighted by Crippen LogP contribution is -2.14. The van der Waals surface area contributed by atoms with Crippen molar-refractivity contribution < 1.29 is 4.79 Å². The molecule has 0 aliphatic rings. The van der Waals surface area contributed by atoms with Gasteiger partial charge in [0.25, 0.3) is 5.91 Å². The zero-order valence-corrected chi connectivity index (χ0v) is 16.0. The smallest absolute Gasteiger partial charge is 0.295 e. The average Bonchev–Trinajstić information content (AvgIpc) is 3.16. The highest BCUT2D eigenvalue weighted by Crippen LogP contribution is 2.23. The van der Waals surface area contributed by atoms with E-state index in [1.165, 1.54) is 0 Å². The molecular formula is C21H14Cl2N4O. The van der Waals surface area contributed by atoms with E-state index in [0.29, 0.717) is 21.6 Å². The van der Waals surface area contributed by atoms with Gasteiger partial charge in [-0.2, -0.15) is 0 Å². The predicted molar refractivity (Wildman–Crippen MR) is 111 cm³/mol. The largest absolute Gasteiger partial charge is 0.319 e. The molecule has 0 saturated heterocycles. The molecule has 1 heterocycles. The molecule has 0 atom stereocenters. The molecule has 138 valence electrons. The Kier molecular flexibility index (Phi) is 5.10. The molecule has 0 bridgehead atoms. The fourth-order valence-corrected chi connectivity index (χ4v) is 2.92. The molecule has 0 spiro atoms. The molecule has 4 aromatic rings. The molecule has 0 unspecified atom stereocenters. The van der Waals surface area contributed by atoms with E-state index >= 15 is 0 Å². The number of hydrogen-bond donors (Lipinski definition) is 1. The second-order valence-electron chi connectivity index (χ2n) is 5.97. The topological polar surface area (TPSA) is 59.8 Å². The molecule has 0 aliphatic heterocycles. The van der Waals surface area contributed by atoms with Crippen LogP contribution in [0.15, 0.2) is 78.9 Å². The maximum absolute atomic E-state index is 12.7. The van der Waals surface area contributed by atoms with Crippen molar-refractivity contribution in [3.63, 3.8) is 0 Å². The van der Waals surface area contributed by atoms with Gasteiger partial charge in [-0.05, 0) is 60.7 Å². The van der Waals surface area contributed by atoms with Gasteiger partial charge in [0.1, 0.15) is 0 Å². The van der Waals surface area contributed by atoms with Crippen LogP contribution < -0.4 is 5.32 Å². The second kappa shape index (κ2) is 7.84. The maximum atomic E-state index is 12.7. The van der Waals surface area contributed by atoms with Crippen LogP contribution in [0, 0.1) is 0 Å². The van der Waals surface area contributed by atoms with E-state index in [9.17, 15) is 4.79 Å². The Morgan fingerprint density at radius 2 is 1.43 bits per heavy atom. The Morgan fingerprint density at radius 3 is 2.07 bits per heavy atom. The number of para-hydroxylation sites is 1. The van der Waals surface area contributed by atoms with E-state index in [-0.39, 0.29) is 5.82 Å². The highest BCUT2D eigenvalue weighted by atomic mass is 35.5. The number of benzene rings is 3. The number of rotatable bonds is 4. The minimum absolute atomic E-state index is 0.0590. The number of amides is 1. The first-order chi connectivity index (χ1) is 13.6. The van der Waals surface area contributed by atoms with Crippen LogP contribution >= 0.6 is 23.2 Å². The summed E-state index contributed by atoms with van der Waals surface area (Å²) in [5.41, 5.74) is 2.20. The van der Waals surface area contributed by atoms with Crippen LogP contribution in [0.3, 0.4) is 0 Å². The molecule has 5 nitrogen and oxygen atoms in total. The van der Waals surface area contributed by atoms with Crippen molar-refractivity contribution in [1.82, 2.24) is 14.8 Å². The number of nitrogens with zero attached hydrogens (tertiary/aromatic N) is 3. The van der Waals surface area contributed by atoms with Crippen molar-refractivity contribution in [2.75, 3.05) is 5.32 Å². The lowest BCUT2D eigenvalue weighted by atomic mass is 10.2. The molecule has 1 aromatic heterocycles. The number of carbonyl (C=O) groups is 1. The normalized spacial score (nSPS) is 10.6. The first-order valence-corrected chi connectivity index (χ1v) is 9.21. The van der Waals surface area contributed by atoms with Gasteiger partial charge in [-0.25, -0.2) is 9.67 Å². The minimum atomic E-state index is -0.410. The molecule has 4 rings (SSSR count). The summed E-state index contributed by atoms with van der Waals surface area (Å²) in [6.45, 7) is 0. The number of carbonyl (C=O) groups excluding carboxylic acids is 1. The van der Waals surface area contributed by atoms with Crippen molar-refractivity contribution in [3.8, 4) is 17.1 Å². The number of nitrogens with one attached hydrogen (secondary N) is 1. The van der Waals surface area contributed by atoms with Gasteiger partial charge in [0.2, 0.25) is 5.82 Å². The molecule has 28 heavy (non-hydrogen) atoms. The van der Waals surface area contributed by atoms with Crippen LogP contribution in [0.25, 0.3) is 17.1 Å². The lowest BCUT2D eigenvalue weighted by molar-refractivity contribution is 0.101. The zero-order chi connectivity index (χ0) is 19.5. The van der Waals surface area contributed by atoms with Crippen LogP contribution in [-0.4, -0.2) is 20.7 Å². The van der Waals surface area contributed by atoms with Crippen molar-refractivity contribution in [3.05, 3.63) is 94.7 Å². The molecule has 7 heteroatoms. The summed E-state index contributed by atoms with van der Waals surface area (Å²) in [5.74, 6) is 0.195. The monoisotopic (exact) mass is 408 g/mol. The Balaban J connectivity index is 1.73. The summed E-state index contributed by atoms with van der Waals surface area (Å²) in [4.78, 5) is 17.1. The third kappa shape index (κ3) is 3.91. The third-order valence-electron chi connectivity index (χ3n) is 4.02. The van der Waals surface area contributed by atoms with Gasteiger partial charge in [-0.3, -0.25) is 4.79 Å². The first kappa shape index (κ1) is 18.2. The van der Waals surface area contributed by atoms with Gasteiger partial charge < -0.3 is 5.32 Å². The van der Waals surface area contributed by atoms with Gasteiger partial charge >= 0.3 is 0 Å². The first-order valence-electron chi connectivity index (χ1n) is 8.45. The van der Waals surface area contributed by atoms with Gasteiger partial charge in [-0.15, -0.1) is 5.10 Å². The Hall–Kier alpha value is -3.15. The standard InChI is InChI=1S/C21H14Cl2N4O/c22-15-8-6-14(7-9-15)20-25-19(26-27(20)18-4-2-1-3-5-18)21(28)24-17-12-10-16(23)11-13-17/h1-13H,(H,24,28). The van der Waals surface area contributed by atoms with Gasteiger partial charge in [0.15, 0.2) is 5.82 Å². The van der Waals surface area contributed by atoms with Crippen molar-refractivity contribution in [1.29, 1.82) is 0 Å². The van der Waals surface area contributed by atoms with Gasteiger partial charge in [0.05, 0.1) is 5.69 Å². The molecular weight excluding hydrogens is 395 g/mol. The zero-order valence-electron chi connectivity index (χ0n) is 14.5. The Morgan fingerprint density at radius 1 is 0.821 bits per heavy atom. The van der Waals surface area contributed by atoms with Crippen molar-refractivity contribution >= 4 is 34.8 Å². The fraction of sp³-hybridized carbons (Fsp3) is 0. The SMILES string of the molecule is O=C(Nc1ccc(Cl)cc1)c1nc(-c2ccc(Cl)cc2)n(-c2ccccc2)n1. The van der Waals surface area contributed by atoms with E-state index in [0.717, 1.165) is 11.3 Å². The summed E-state index contributed by atoms with van der Waals surface area (Å²) in [5, 5.41) is 8.42. The van der Waals surface area contributed by atoms with E-state index in [2.05, 4.69) is 15.4 Å². The van der Waals surface area contributed by atoms with Crippen LogP contribution in [-0.2, 0) is 0 Å². The number of hydrogen-bond acceptors (Lipinski definition) is 3. The van der Waals surface area contributed by atoms with E-state index < -0.39 is 5.91 Å². The molecule has 0 aliphatic carbocycles. The fourth-order valence-electron chi connectivity index (χ4n) is 2.66. The minimum Gasteiger partial charge on any atom is -0.319 e. The quantitative estimate of drug-likeness (QED) is 0.485. The molecule has 3 aromatic carbocycles. The van der Waals surface area contributed by atoms with Crippen LogP contribution in [0.2, 0.25) is 10.0 Å². The molecule has 1 amide bonds. The number of halogens is 2. The molecule has 1 N–H and O–H groups in total. The average molecular weight is 409 g/mol. The van der Waals surface area contributed by atoms with E-state index in [1.54, 1.807) is 41.1 Å². The second-order valence-corrected chi connectivity index (χ2v) is 6.85. The van der Waals surface area contributed by atoms with Crippen molar-refractivity contribution in [2.24, 2.45) is 0 Å². The Labute approximate surface area is 171 Å². The number of aromatic nitrogens is 3. The summed E-state index contributed by atoms with van der Waals surface area (Å²) in [6, 6.07) is 23.6. The van der Waals surface area contributed by atoms with Gasteiger partial charge in [0, 0.05) is 21.3 Å². The summed E-state index contributed by atoms with van der Waals surface area (Å²) < 4.78 is 1.64. The van der Waals surface area contributed by atoms with Crippen LogP contribution in [0.5, 0.6) is 0 Å². The summed E-state index contributed by atoms with van der Waals surface area (Å²) in [7, 11) is 0. The van der Waals surface area contributed by atoms with Crippen molar-refractivity contribution in [2.45, 2.75) is 0 Å². The molecule has 0 fully saturated rings. The highest BCUT2D eigenvalue weighted by molar-refractivity contribution is 6.31. The summed E-state index contributed by atoms with van der Waals surface area (Å²) in [6.07, 6.45) is 0. The van der Waals surface area contributed by atoms with Gasteiger partial charge in [-0.1, -0.05) is 41.4 Å². The predicted octanol–water partition coefficient (Wildman–Crippen LogP) is 5.49. The Bertz CT molecular complexity index is 1110. The molecule has 0 radical (unpaired) electrons. The molecule has 0 saturated carbocycles. The number of anilines is 1. The summed E-state index contributed by atoms with van der Waals surface area (Å²) >= 11 is 11.9. The van der Waals surface area contributed by atoms with Crippen LogP contribution in [0.4, 0.5) is 5.69 Å². The highest BCUT2D eigenvalue weighted by Gasteiger charge is 2.19. The lowest BCUT2D eigenvalue weighted by Gasteiger charge is -2.05. The maximum Gasteiger partial charge on any atom is 0.295 e. The third-order valence-corrected chi connectivity index (χ3v) is 4.52.